The lowest BCUT2D eigenvalue weighted by Crippen LogP contribution is -2.39. The molecule has 2 heterocycles. The van der Waals surface area contributed by atoms with Crippen LogP contribution in [0.2, 0.25) is 0 Å². The number of nitrogens with one attached hydrogen (secondary N) is 1. The number of piperidine rings is 1. The number of rotatable bonds is 2. The van der Waals surface area contributed by atoms with Crippen LogP contribution in [-0.4, -0.2) is 10.5 Å². The van der Waals surface area contributed by atoms with Crippen LogP contribution in [0.5, 0.6) is 0 Å². The zero-order valence-electron chi connectivity index (χ0n) is 12.5. The fraction of sp³-hybridized carbons (Fsp3) is 0.375. The van der Waals surface area contributed by atoms with Crippen molar-refractivity contribution in [2.45, 2.75) is 38.6 Å². The van der Waals surface area contributed by atoms with Crippen LogP contribution in [0.1, 0.15) is 44.2 Å². The van der Waals surface area contributed by atoms with E-state index in [1.54, 1.807) is 6.07 Å². The summed E-state index contributed by atoms with van der Waals surface area (Å²) in [6.45, 7) is 7.57. The molecule has 2 aromatic rings. The highest BCUT2D eigenvalue weighted by molar-refractivity contribution is 5.86. The molecule has 1 N–H and O–H groups in total. The summed E-state index contributed by atoms with van der Waals surface area (Å²) in [4.78, 5) is 24.4. The van der Waals surface area contributed by atoms with Gasteiger partial charge in [0.15, 0.2) is 11.4 Å². The van der Waals surface area contributed by atoms with Crippen LogP contribution in [0.25, 0.3) is 11.1 Å². The minimum Gasteiger partial charge on any atom is -0.407 e. The topological polar surface area (TPSA) is 64.2 Å². The van der Waals surface area contributed by atoms with Crippen LogP contribution >= 0.6 is 0 Å². The Morgan fingerprint density at radius 1 is 1.41 bits per heavy atom. The van der Waals surface area contributed by atoms with Crippen molar-refractivity contribution in [3.05, 3.63) is 46.3 Å². The van der Waals surface area contributed by atoms with Gasteiger partial charge in [-0.25, -0.2) is 9.18 Å². The molecule has 6 heteroatoms. The van der Waals surface area contributed by atoms with E-state index in [-0.39, 0.29) is 22.9 Å². The number of oxazole rings is 1. The Bertz CT molecular complexity index is 832. The van der Waals surface area contributed by atoms with E-state index in [2.05, 4.69) is 11.9 Å². The first-order valence-electron chi connectivity index (χ1n) is 7.22. The second-order valence-corrected chi connectivity index (χ2v) is 5.85. The lowest BCUT2D eigenvalue weighted by molar-refractivity contribution is -0.124. The van der Waals surface area contributed by atoms with Crippen molar-refractivity contribution in [1.82, 2.24) is 9.88 Å². The molecular formula is C16H17FN2O3. The molecule has 0 radical (unpaired) electrons. The van der Waals surface area contributed by atoms with Crippen molar-refractivity contribution in [2.24, 2.45) is 0 Å². The smallest absolute Gasteiger partial charge is 0.407 e. The van der Waals surface area contributed by atoms with Crippen LogP contribution < -0.4 is 11.1 Å². The van der Waals surface area contributed by atoms with Gasteiger partial charge in [-0.3, -0.25) is 9.36 Å². The molecule has 1 aromatic heterocycles. The molecule has 116 valence electrons. The molecule has 0 aliphatic carbocycles. The summed E-state index contributed by atoms with van der Waals surface area (Å²) >= 11 is 0. The number of aromatic nitrogens is 1. The van der Waals surface area contributed by atoms with E-state index in [9.17, 15) is 14.0 Å². The van der Waals surface area contributed by atoms with Gasteiger partial charge in [-0.15, -0.1) is 0 Å². The lowest BCUT2D eigenvalue weighted by Gasteiger charge is -2.24. The summed E-state index contributed by atoms with van der Waals surface area (Å²) in [5, 5.41) is 2.61. The van der Waals surface area contributed by atoms with Crippen LogP contribution in [0.15, 0.2) is 33.6 Å². The molecule has 22 heavy (non-hydrogen) atoms. The van der Waals surface area contributed by atoms with Gasteiger partial charge >= 0.3 is 5.76 Å². The molecule has 0 bridgehead atoms. The maximum absolute atomic E-state index is 14.3. The highest BCUT2D eigenvalue weighted by Crippen LogP contribution is 2.31. The van der Waals surface area contributed by atoms with Crippen molar-refractivity contribution in [3.63, 3.8) is 0 Å². The van der Waals surface area contributed by atoms with E-state index >= 15 is 0 Å². The number of hydrogen-bond acceptors (Lipinski definition) is 3. The van der Waals surface area contributed by atoms with Crippen molar-refractivity contribution < 1.29 is 13.6 Å². The molecule has 0 spiro atoms. The summed E-state index contributed by atoms with van der Waals surface area (Å²) < 4.78 is 20.7. The number of halogens is 1. The van der Waals surface area contributed by atoms with Crippen molar-refractivity contribution in [3.8, 4) is 0 Å². The molecule has 0 saturated carbocycles. The SMILES string of the molecule is C=C1CCC(n2c(=O)oc3c(C(C)C)ccc(F)c32)C(=O)N1. The third-order valence-electron chi connectivity index (χ3n) is 4.00. The first-order chi connectivity index (χ1) is 10.4. The first-order valence-corrected chi connectivity index (χ1v) is 7.22. The Morgan fingerprint density at radius 2 is 2.14 bits per heavy atom. The highest BCUT2D eigenvalue weighted by atomic mass is 19.1. The number of nitrogens with zero attached hydrogens (tertiary/aromatic N) is 1. The van der Waals surface area contributed by atoms with Gasteiger partial charge < -0.3 is 9.73 Å². The van der Waals surface area contributed by atoms with Gasteiger partial charge in [0.05, 0.1) is 0 Å². The fourth-order valence-corrected chi connectivity index (χ4v) is 2.87. The van der Waals surface area contributed by atoms with E-state index in [0.717, 1.165) is 10.1 Å². The number of carbonyl (C=O) groups excluding carboxylic acids is 1. The normalized spacial score (nSPS) is 19.0. The third-order valence-corrected chi connectivity index (χ3v) is 4.00. The molecule has 1 atom stereocenters. The molecule has 1 aromatic carbocycles. The summed E-state index contributed by atoms with van der Waals surface area (Å²) in [6, 6.07) is 2.14. The summed E-state index contributed by atoms with van der Waals surface area (Å²) in [7, 11) is 0. The van der Waals surface area contributed by atoms with E-state index in [0.29, 0.717) is 18.5 Å². The molecular weight excluding hydrogens is 287 g/mol. The minimum absolute atomic E-state index is 0.0591. The third kappa shape index (κ3) is 2.15. The zero-order valence-corrected chi connectivity index (χ0v) is 12.5. The van der Waals surface area contributed by atoms with Crippen LogP contribution in [0.4, 0.5) is 4.39 Å². The van der Waals surface area contributed by atoms with E-state index in [4.69, 9.17) is 4.42 Å². The average molecular weight is 304 g/mol. The quantitative estimate of drug-likeness (QED) is 0.928. The minimum atomic E-state index is -0.781. The fourth-order valence-electron chi connectivity index (χ4n) is 2.87. The zero-order chi connectivity index (χ0) is 16.0. The Balaban J connectivity index is 2.24. The van der Waals surface area contributed by atoms with Gasteiger partial charge in [0.1, 0.15) is 11.6 Å². The van der Waals surface area contributed by atoms with Gasteiger partial charge in [0, 0.05) is 5.70 Å². The number of benzene rings is 1. The molecule has 1 amide bonds. The van der Waals surface area contributed by atoms with Crippen molar-refractivity contribution in [2.75, 3.05) is 0 Å². The molecule has 1 unspecified atom stereocenters. The Labute approximate surface area is 126 Å². The summed E-state index contributed by atoms with van der Waals surface area (Å²) in [5.41, 5.74) is 1.62. The van der Waals surface area contributed by atoms with E-state index in [1.807, 2.05) is 13.8 Å². The maximum atomic E-state index is 14.3. The first kappa shape index (κ1) is 14.6. The maximum Gasteiger partial charge on any atom is 0.420 e. The average Bonchev–Trinajstić information content (AvgIpc) is 2.77. The van der Waals surface area contributed by atoms with Gasteiger partial charge in [0.25, 0.3) is 0 Å². The monoisotopic (exact) mass is 304 g/mol. The molecule has 1 fully saturated rings. The largest absolute Gasteiger partial charge is 0.420 e. The summed E-state index contributed by atoms with van der Waals surface area (Å²) in [5.74, 6) is -1.57. The number of fused-ring (bicyclic) bond motifs is 1. The molecule has 1 aliphatic heterocycles. The second kappa shape index (κ2) is 5.12. The van der Waals surface area contributed by atoms with Gasteiger partial charge in [-0.1, -0.05) is 26.5 Å². The predicted octanol–water partition coefficient (Wildman–Crippen LogP) is 2.82. The Hall–Kier alpha value is -2.37. The second-order valence-electron chi connectivity index (χ2n) is 5.85. The molecule has 3 rings (SSSR count). The van der Waals surface area contributed by atoms with Crippen LogP contribution in [0.3, 0.4) is 0 Å². The van der Waals surface area contributed by atoms with Gasteiger partial charge in [0.2, 0.25) is 5.91 Å². The van der Waals surface area contributed by atoms with E-state index < -0.39 is 17.6 Å². The van der Waals surface area contributed by atoms with Crippen molar-refractivity contribution in [1.29, 1.82) is 0 Å². The number of allylic oxidation sites excluding steroid dienone is 1. The number of amides is 1. The Kier molecular flexibility index (Phi) is 3.39. The molecule has 1 aliphatic rings. The molecule has 5 nitrogen and oxygen atoms in total. The van der Waals surface area contributed by atoms with Gasteiger partial charge in [-0.05, 0) is 30.4 Å². The lowest BCUT2D eigenvalue weighted by atomic mass is 10.0. The van der Waals surface area contributed by atoms with Crippen LogP contribution in [-0.2, 0) is 4.79 Å². The van der Waals surface area contributed by atoms with Crippen LogP contribution in [0, 0.1) is 5.82 Å². The highest BCUT2D eigenvalue weighted by Gasteiger charge is 2.31. The molecule has 1 saturated heterocycles. The Morgan fingerprint density at radius 3 is 2.77 bits per heavy atom. The number of hydrogen-bond donors (Lipinski definition) is 1. The predicted molar refractivity (Wildman–Crippen MR) is 80.1 cm³/mol. The van der Waals surface area contributed by atoms with Gasteiger partial charge in [-0.2, -0.15) is 0 Å². The summed E-state index contributed by atoms with van der Waals surface area (Å²) in [6.07, 6.45) is 0.936. The standard InChI is InChI=1S/C16H17FN2O3/c1-8(2)10-5-6-11(17)13-14(10)22-16(21)19(13)12-7-4-9(3)18-15(12)20/h5-6,8,12H,3-4,7H2,1-2H3,(H,18,20). The van der Waals surface area contributed by atoms with E-state index in [1.165, 1.54) is 6.07 Å². The number of carbonyl (C=O) groups is 1. The van der Waals surface area contributed by atoms with Crippen molar-refractivity contribution >= 4 is 17.0 Å².